The number of halogens is 4. The summed E-state index contributed by atoms with van der Waals surface area (Å²) in [5.74, 6) is -3.50. The molecule has 0 aliphatic carbocycles. The number of alkyl halides is 3. The van der Waals surface area contributed by atoms with Crippen LogP contribution in [0.2, 0.25) is 5.02 Å². The second-order valence-electron chi connectivity index (χ2n) is 7.74. The molecule has 0 unspecified atom stereocenters. The van der Waals surface area contributed by atoms with Crippen molar-refractivity contribution in [3.8, 4) is 0 Å². The van der Waals surface area contributed by atoms with Gasteiger partial charge in [-0.05, 0) is 57.4 Å². The number of aromatic nitrogens is 1. The maximum atomic E-state index is 13.2. The first kappa shape index (κ1) is 26.7. The highest BCUT2D eigenvalue weighted by Crippen LogP contribution is 2.36. The lowest BCUT2D eigenvalue weighted by Gasteiger charge is -2.16. The molecule has 0 bridgehead atoms. The average molecular weight is 550 g/mol. The number of amides is 1. The molecule has 0 spiro atoms. The Morgan fingerprint density at radius 1 is 1.11 bits per heavy atom. The highest BCUT2D eigenvalue weighted by molar-refractivity contribution is 7.93. The van der Waals surface area contributed by atoms with Gasteiger partial charge < -0.3 is 9.84 Å². The van der Waals surface area contributed by atoms with Crippen molar-refractivity contribution in [2.45, 2.75) is 45.7 Å². The summed E-state index contributed by atoms with van der Waals surface area (Å²) in [5.41, 5.74) is -0.0638. The number of benzene rings is 1. The molecule has 2 aromatic heterocycles. The van der Waals surface area contributed by atoms with E-state index in [-0.39, 0.29) is 38.3 Å². The van der Waals surface area contributed by atoms with E-state index >= 15 is 0 Å². The quantitative estimate of drug-likeness (QED) is 0.379. The Bertz CT molecular complexity index is 1460. The van der Waals surface area contributed by atoms with Crippen LogP contribution in [0.15, 0.2) is 21.6 Å². The molecule has 0 fully saturated rings. The number of rotatable bonds is 6. The fourth-order valence-electron chi connectivity index (χ4n) is 3.31. The van der Waals surface area contributed by atoms with E-state index in [2.05, 4.69) is 15.2 Å². The van der Waals surface area contributed by atoms with Gasteiger partial charge in [0.25, 0.3) is 27.6 Å². The van der Waals surface area contributed by atoms with Crippen LogP contribution in [0.5, 0.6) is 0 Å². The zero-order valence-electron chi connectivity index (χ0n) is 19.0. The van der Waals surface area contributed by atoms with Crippen molar-refractivity contribution >= 4 is 56.2 Å². The van der Waals surface area contributed by atoms with Crippen LogP contribution in [-0.2, 0) is 10.0 Å². The molecule has 0 saturated heterocycles. The number of hydrogen-bond acceptors (Lipinski definition) is 7. The molecule has 8 nitrogen and oxygen atoms in total. The zero-order chi connectivity index (χ0) is 26.5. The summed E-state index contributed by atoms with van der Waals surface area (Å²) < 4.78 is 72.9. The number of carbonyl (C=O) groups excluding carboxylic acids is 2. The van der Waals surface area contributed by atoms with E-state index in [0.717, 1.165) is 17.4 Å². The molecule has 2 heterocycles. The van der Waals surface area contributed by atoms with Crippen LogP contribution in [0.25, 0.3) is 0 Å². The van der Waals surface area contributed by atoms with Crippen LogP contribution in [0, 0.1) is 34.6 Å². The van der Waals surface area contributed by atoms with Crippen LogP contribution in [0.4, 0.5) is 24.7 Å². The molecule has 1 aromatic carbocycles. The van der Waals surface area contributed by atoms with E-state index in [4.69, 9.17) is 16.1 Å². The van der Waals surface area contributed by atoms with Crippen molar-refractivity contribution < 1.29 is 35.7 Å². The van der Waals surface area contributed by atoms with Gasteiger partial charge in [-0.25, -0.2) is 13.1 Å². The van der Waals surface area contributed by atoms with Crippen LogP contribution in [-0.4, -0.2) is 31.4 Å². The van der Waals surface area contributed by atoms with Crippen molar-refractivity contribution in [1.29, 1.82) is 0 Å². The van der Waals surface area contributed by atoms with E-state index < -0.39 is 38.3 Å². The minimum absolute atomic E-state index is 0.0743. The maximum Gasteiger partial charge on any atom is 0.454 e. The second-order valence-corrected chi connectivity index (χ2v) is 11.0. The van der Waals surface area contributed by atoms with Gasteiger partial charge in [-0.2, -0.15) is 13.2 Å². The lowest BCUT2D eigenvalue weighted by molar-refractivity contribution is -0.0884. The van der Waals surface area contributed by atoms with Crippen molar-refractivity contribution in [2.24, 2.45) is 0 Å². The Morgan fingerprint density at radius 3 is 2.29 bits per heavy atom. The molecule has 188 valence electrons. The summed E-state index contributed by atoms with van der Waals surface area (Å²) in [6.07, 6.45) is -5.18. The molecule has 14 heteroatoms. The van der Waals surface area contributed by atoms with Gasteiger partial charge in [0.2, 0.25) is 0 Å². The number of hydrogen-bond donors (Lipinski definition) is 2. The third kappa shape index (κ3) is 5.21. The molecule has 35 heavy (non-hydrogen) atoms. The largest absolute Gasteiger partial charge is 0.454 e. The zero-order valence-corrected chi connectivity index (χ0v) is 21.4. The number of aryl methyl sites for hydroxylation is 4. The van der Waals surface area contributed by atoms with E-state index in [1.807, 2.05) is 0 Å². The SMILES string of the molecule is Cc1cc(C)c(NC(=O)c2sc(C)c(C)c2S(=O)(=O)Nc2onc(C)c2Cl)c(C(=O)C(F)(F)F)c1. The number of nitrogens with one attached hydrogen (secondary N) is 2. The lowest BCUT2D eigenvalue weighted by Crippen LogP contribution is -2.26. The number of sulfonamides is 1. The van der Waals surface area contributed by atoms with Gasteiger partial charge in [0.05, 0.1) is 11.3 Å². The monoisotopic (exact) mass is 549 g/mol. The predicted molar refractivity (Wildman–Crippen MR) is 125 cm³/mol. The number of ketones is 1. The van der Waals surface area contributed by atoms with E-state index in [1.54, 1.807) is 6.92 Å². The smallest absolute Gasteiger partial charge is 0.336 e. The third-order valence-electron chi connectivity index (χ3n) is 5.04. The summed E-state index contributed by atoms with van der Waals surface area (Å²) in [7, 11) is -4.43. The number of carbonyl (C=O) groups is 2. The lowest BCUT2D eigenvalue weighted by atomic mass is 10.0. The van der Waals surface area contributed by atoms with Gasteiger partial charge in [0.15, 0.2) is 0 Å². The topological polar surface area (TPSA) is 118 Å². The highest BCUT2D eigenvalue weighted by Gasteiger charge is 2.41. The van der Waals surface area contributed by atoms with E-state index in [9.17, 15) is 31.2 Å². The molecular formula is C21H19ClF3N3O5S2. The summed E-state index contributed by atoms with van der Waals surface area (Å²) >= 11 is 6.81. The first-order chi connectivity index (χ1) is 16.0. The summed E-state index contributed by atoms with van der Waals surface area (Å²) in [5, 5.41) is 5.79. The number of nitrogens with zero attached hydrogens (tertiary/aromatic N) is 1. The van der Waals surface area contributed by atoms with Crippen LogP contribution < -0.4 is 10.0 Å². The summed E-state index contributed by atoms with van der Waals surface area (Å²) in [4.78, 5) is 25.0. The third-order valence-corrected chi connectivity index (χ3v) is 8.33. The molecule has 0 radical (unpaired) electrons. The molecule has 0 aliphatic rings. The van der Waals surface area contributed by atoms with Gasteiger partial charge in [-0.3, -0.25) is 9.59 Å². The molecule has 0 aliphatic heterocycles. The Balaban J connectivity index is 2.08. The molecule has 3 rings (SSSR count). The summed E-state index contributed by atoms with van der Waals surface area (Å²) in [6.45, 7) is 7.47. The van der Waals surface area contributed by atoms with Gasteiger partial charge >= 0.3 is 6.18 Å². The molecular weight excluding hydrogens is 531 g/mol. The van der Waals surface area contributed by atoms with Gasteiger partial charge in [-0.15, -0.1) is 11.3 Å². The first-order valence-electron chi connectivity index (χ1n) is 9.83. The standard InChI is InChI=1S/C21H19ClF3N3O5S2/c1-8-6-9(2)15(13(7-8)18(29)21(23,24)25)26-19(30)16-17(10(3)12(5)34-16)35(31,32)28-20-14(22)11(4)27-33-20/h6-7,28H,1-5H3,(H,26,30). The van der Waals surface area contributed by atoms with Gasteiger partial charge in [0.1, 0.15) is 20.5 Å². The fourth-order valence-corrected chi connectivity index (χ4v) is 6.33. The molecule has 0 atom stereocenters. The number of Topliss-reactive ketones (excluding diaryl/α,β-unsaturated/α-hetero) is 1. The molecule has 3 aromatic rings. The minimum Gasteiger partial charge on any atom is -0.336 e. The van der Waals surface area contributed by atoms with Gasteiger partial charge in [0, 0.05) is 4.88 Å². The minimum atomic E-state index is -5.18. The highest BCUT2D eigenvalue weighted by atomic mass is 35.5. The Kier molecular flexibility index (Phi) is 7.08. The average Bonchev–Trinajstić information content (AvgIpc) is 3.21. The van der Waals surface area contributed by atoms with E-state index in [0.29, 0.717) is 10.4 Å². The predicted octanol–water partition coefficient (Wildman–Crippen LogP) is 5.73. The Labute approximate surface area is 207 Å². The fraction of sp³-hybridized carbons (Fsp3) is 0.286. The van der Waals surface area contributed by atoms with Gasteiger partial charge in [-0.1, -0.05) is 22.8 Å². The van der Waals surface area contributed by atoms with Crippen LogP contribution in [0.3, 0.4) is 0 Å². The second kappa shape index (κ2) is 9.28. The number of anilines is 2. The molecule has 0 saturated carbocycles. The van der Waals surface area contributed by atoms with Crippen molar-refractivity contribution in [3.05, 3.63) is 54.9 Å². The Hall–Kier alpha value is -2.90. The van der Waals surface area contributed by atoms with Crippen molar-refractivity contribution in [1.82, 2.24) is 5.16 Å². The summed E-state index contributed by atoms with van der Waals surface area (Å²) in [6, 6.07) is 2.50. The van der Waals surface area contributed by atoms with Crippen molar-refractivity contribution in [2.75, 3.05) is 10.0 Å². The Morgan fingerprint density at radius 2 is 1.74 bits per heavy atom. The molecule has 1 amide bonds. The van der Waals surface area contributed by atoms with Crippen LogP contribution >= 0.6 is 22.9 Å². The van der Waals surface area contributed by atoms with Crippen molar-refractivity contribution in [3.63, 3.8) is 0 Å². The normalized spacial score (nSPS) is 12.0. The number of thiophene rings is 1. The van der Waals surface area contributed by atoms with E-state index in [1.165, 1.54) is 33.8 Å². The maximum absolute atomic E-state index is 13.2. The first-order valence-corrected chi connectivity index (χ1v) is 12.5. The molecule has 2 N–H and O–H groups in total. The van der Waals surface area contributed by atoms with Crippen LogP contribution in [0.1, 0.15) is 47.3 Å².